The van der Waals surface area contributed by atoms with Gasteiger partial charge in [-0.2, -0.15) is 4.31 Å². The van der Waals surface area contributed by atoms with Gasteiger partial charge in [0.05, 0.1) is 17.7 Å². The molecule has 1 atom stereocenters. The van der Waals surface area contributed by atoms with E-state index in [1.165, 1.54) is 34.9 Å². The summed E-state index contributed by atoms with van der Waals surface area (Å²) in [5, 5.41) is 4.98. The van der Waals surface area contributed by atoms with Gasteiger partial charge in [-0.25, -0.2) is 13.4 Å². The van der Waals surface area contributed by atoms with Crippen LogP contribution in [-0.4, -0.2) is 48.3 Å². The number of rotatable bonds is 6. The standard InChI is InChI=1S/C20H20N4O4S2/c1-28-14-7-9-15(10-8-14)30(26,27)24-12-4-6-18(24)19(25)23-20-22-17(13-29-20)16-5-2-3-11-21-16/h2-3,5,7-11,13,18H,4,6,12H2,1H3,(H,22,23,25)/t18-/m0/s1. The molecule has 1 amide bonds. The lowest BCUT2D eigenvalue weighted by atomic mass is 10.2. The lowest BCUT2D eigenvalue weighted by molar-refractivity contribution is -0.119. The molecule has 0 radical (unpaired) electrons. The fourth-order valence-corrected chi connectivity index (χ4v) is 5.69. The first kappa shape index (κ1) is 20.5. The molecule has 0 bridgehead atoms. The summed E-state index contributed by atoms with van der Waals surface area (Å²) in [4.78, 5) is 21.6. The van der Waals surface area contributed by atoms with Crippen LogP contribution in [0.25, 0.3) is 11.4 Å². The van der Waals surface area contributed by atoms with Gasteiger partial charge in [-0.05, 0) is 49.2 Å². The zero-order valence-corrected chi connectivity index (χ0v) is 17.8. The fourth-order valence-electron chi connectivity index (χ4n) is 3.32. The number of methoxy groups -OCH3 is 1. The Morgan fingerprint density at radius 2 is 2.00 bits per heavy atom. The van der Waals surface area contributed by atoms with Crippen molar-refractivity contribution in [1.82, 2.24) is 14.3 Å². The first-order chi connectivity index (χ1) is 14.5. The van der Waals surface area contributed by atoms with Gasteiger partial charge < -0.3 is 10.1 Å². The van der Waals surface area contributed by atoms with Gasteiger partial charge in [0, 0.05) is 18.1 Å². The van der Waals surface area contributed by atoms with Gasteiger partial charge in [0.2, 0.25) is 15.9 Å². The van der Waals surface area contributed by atoms with Crippen molar-refractivity contribution in [3.63, 3.8) is 0 Å². The molecule has 0 aliphatic carbocycles. The quantitative estimate of drug-likeness (QED) is 0.627. The summed E-state index contributed by atoms with van der Waals surface area (Å²) in [5.41, 5.74) is 1.36. The maximum Gasteiger partial charge on any atom is 0.244 e. The van der Waals surface area contributed by atoms with Crippen LogP contribution in [0.5, 0.6) is 5.75 Å². The monoisotopic (exact) mass is 444 g/mol. The van der Waals surface area contributed by atoms with E-state index in [1.807, 2.05) is 18.2 Å². The molecule has 3 aromatic rings. The Balaban J connectivity index is 1.50. The normalized spacial score (nSPS) is 17.0. The van der Waals surface area contributed by atoms with Crippen LogP contribution in [-0.2, 0) is 14.8 Å². The summed E-state index contributed by atoms with van der Waals surface area (Å²) in [5.74, 6) is 0.184. The lowest BCUT2D eigenvalue weighted by Gasteiger charge is -2.23. The molecule has 0 saturated carbocycles. The number of thiazole rings is 1. The molecule has 10 heteroatoms. The van der Waals surface area contributed by atoms with Crippen LogP contribution in [0.4, 0.5) is 5.13 Å². The Bertz CT molecular complexity index is 1130. The van der Waals surface area contributed by atoms with Crippen molar-refractivity contribution in [2.75, 3.05) is 19.0 Å². The van der Waals surface area contributed by atoms with E-state index in [0.717, 1.165) is 0 Å². The van der Waals surface area contributed by atoms with Crippen molar-refractivity contribution in [1.29, 1.82) is 0 Å². The SMILES string of the molecule is COc1ccc(S(=O)(=O)N2CCC[C@H]2C(=O)Nc2nc(-c3ccccn3)cs2)cc1. The molecule has 3 heterocycles. The van der Waals surface area contributed by atoms with E-state index in [4.69, 9.17) is 4.74 Å². The molecule has 30 heavy (non-hydrogen) atoms. The van der Waals surface area contributed by atoms with Gasteiger partial charge in [0.15, 0.2) is 5.13 Å². The molecule has 156 valence electrons. The number of pyridine rings is 1. The highest BCUT2D eigenvalue weighted by Gasteiger charge is 2.39. The van der Waals surface area contributed by atoms with Gasteiger partial charge in [-0.1, -0.05) is 6.07 Å². The van der Waals surface area contributed by atoms with E-state index in [1.54, 1.807) is 23.7 Å². The van der Waals surface area contributed by atoms with Crippen LogP contribution >= 0.6 is 11.3 Å². The smallest absolute Gasteiger partial charge is 0.244 e. The lowest BCUT2D eigenvalue weighted by Crippen LogP contribution is -2.43. The molecule has 0 spiro atoms. The minimum Gasteiger partial charge on any atom is -0.497 e. The number of hydrogen-bond acceptors (Lipinski definition) is 7. The number of aromatic nitrogens is 2. The maximum atomic E-state index is 13.1. The third-order valence-electron chi connectivity index (χ3n) is 4.83. The molecular weight excluding hydrogens is 424 g/mol. The first-order valence-corrected chi connectivity index (χ1v) is 11.6. The minimum absolute atomic E-state index is 0.134. The topological polar surface area (TPSA) is 101 Å². The second-order valence-electron chi connectivity index (χ2n) is 6.69. The Morgan fingerprint density at radius 1 is 1.20 bits per heavy atom. The van der Waals surface area contributed by atoms with E-state index in [-0.39, 0.29) is 10.8 Å². The van der Waals surface area contributed by atoms with Gasteiger partial charge in [0.25, 0.3) is 0 Å². The first-order valence-electron chi connectivity index (χ1n) is 9.33. The zero-order chi connectivity index (χ0) is 21.1. The average molecular weight is 445 g/mol. The Hall–Kier alpha value is -2.82. The summed E-state index contributed by atoms with van der Waals surface area (Å²) in [6, 6.07) is 10.9. The molecule has 1 aliphatic heterocycles. The highest BCUT2D eigenvalue weighted by atomic mass is 32.2. The number of hydrogen-bond donors (Lipinski definition) is 1. The third kappa shape index (κ3) is 4.07. The van der Waals surface area contributed by atoms with Gasteiger partial charge in [0.1, 0.15) is 17.5 Å². The molecule has 1 aromatic carbocycles. The van der Waals surface area contributed by atoms with Crippen molar-refractivity contribution in [3.8, 4) is 17.1 Å². The summed E-state index contributed by atoms with van der Waals surface area (Å²) >= 11 is 1.28. The summed E-state index contributed by atoms with van der Waals surface area (Å²) in [6.45, 7) is 0.295. The van der Waals surface area contributed by atoms with E-state index in [2.05, 4.69) is 15.3 Å². The third-order valence-corrected chi connectivity index (χ3v) is 7.51. The summed E-state index contributed by atoms with van der Waals surface area (Å²) in [7, 11) is -2.28. The largest absolute Gasteiger partial charge is 0.497 e. The number of carbonyl (C=O) groups is 1. The van der Waals surface area contributed by atoms with Gasteiger partial charge >= 0.3 is 0 Å². The molecule has 1 aliphatic rings. The van der Waals surface area contributed by atoms with Crippen molar-refractivity contribution in [3.05, 3.63) is 54.0 Å². The van der Waals surface area contributed by atoms with Crippen LogP contribution in [0.1, 0.15) is 12.8 Å². The van der Waals surface area contributed by atoms with E-state index < -0.39 is 16.1 Å². The van der Waals surface area contributed by atoms with Crippen LogP contribution in [0.3, 0.4) is 0 Å². The predicted octanol–water partition coefficient (Wildman–Crippen LogP) is 3.01. The van der Waals surface area contributed by atoms with Crippen LogP contribution in [0, 0.1) is 0 Å². The Kier molecular flexibility index (Phi) is 5.80. The summed E-state index contributed by atoms with van der Waals surface area (Å²) < 4.78 is 32.5. The number of nitrogens with one attached hydrogen (secondary N) is 1. The second-order valence-corrected chi connectivity index (χ2v) is 9.44. The molecule has 0 unspecified atom stereocenters. The van der Waals surface area contributed by atoms with E-state index >= 15 is 0 Å². The number of anilines is 1. The van der Waals surface area contributed by atoms with E-state index in [9.17, 15) is 13.2 Å². The van der Waals surface area contributed by atoms with Crippen LogP contribution in [0.15, 0.2) is 58.9 Å². The van der Waals surface area contributed by atoms with Crippen molar-refractivity contribution in [2.24, 2.45) is 0 Å². The van der Waals surface area contributed by atoms with Crippen LogP contribution < -0.4 is 10.1 Å². The maximum absolute atomic E-state index is 13.1. The molecule has 1 fully saturated rings. The Morgan fingerprint density at radius 3 is 2.70 bits per heavy atom. The van der Waals surface area contributed by atoms with E-state index in [0.29, 0.717) is 41.7 Å². The van der Waals surface area contributed by atoms with Crippen LogP contribution in [0.2, 0.25) is 0 Å². The molecule has 2 aromatic heterocycles. The Labute approximate surface area is 178 Å². The van der Waals surface area contributed by atoms with Gasteiger partial charge in [-0.3, -0.25) is 9.78 Å². The molecule has 1 N–H and O–H groups in total. The highest BCUT2D eigenvalue weighted by Crippen LogP contribution is 2.29. The predicted molar refractivity (Wildman–Crippen MR) is 114 cm³/mol. The number of nitrogens with zero attached hydrogens (tertiary/aromatic N) is 3. The number of amides is 1. The second kappa shape index (κ2) is 8.50. The zero-order valence-electron chi connectivity index (χ0n) is 16.2. The summed E-state index contributed by atoms with van der Waals surface area (Å²) in [6.07, 6.45) is 2.75. The van der Waals surface area contributed by atoms with Crippen molar-refractivity contribution in [2.45, 2.75) is 23.8 Å². The molecular formula is C20H20N4O4S2. The van der Waals surface area contributed by atoms with Crippen molar-refractivity contribution < 1.29 is 17.9 Å². The molecule has 4 rings (SSSR count). The molecule has 1 saturated heterocycles. The fraction of sp³-hybridized carbons (Fsp3) is 0.250. The van der Waals surface area contributed by atoms with Crippen molar-refractivity contribution >= 4 is 32.4 Å². The number of sulfonamides is 1. The number of ether oxygens (including phenoxy) is 1. The highest BCUT2D eigenvalue weighted by molar-refractivity contribution is 7.89. The number of benzene rings is 1. The number of carbonyl (C=O) groups excluding carboxylic acids is 1. The average Bonchev–Trinajstić information content (AvgIpc) is 3.45. The minimum atomic E-state index is -3.80. The van der Waals surface area contributed by atoms with Gasteiger partial charge in [-0.15, -0.1) is 11.3 Å². The molecule has 8 nitrogen and oxygen atoms in total.